The van der Waals surface area contributed by atoms with Crippen molar-refractivity contribution in [2.45, 2.75) is 39.3 Å². The van der Waals surface area contributed by atoms with E-state index in [2.05, 4.69) is 25.7 Å². The van der Waals surface area contributed by atoms with Crippen molar-refractivity contribution in [2.75, 3.05) is 39.8 Å². The lowest BCUT2D eigenvalue weighted by Gasteiger charge is -2.33. The Bertz CT molecular complexity index is 284. The number of hydrogen-bond acceptors (Lipinski definition) is 4. The first kappa shape index (κ1) is 16.4. The van der Waals surface area contributed by atoms with E-state index >= 15 is 0 Å². The number of carbonyl (C=O) groups excluding carboxylic acids is 1. The van der Waals surface area contributed by atoms with E-state index in [9.17, 15) is 4.79 Å². The van der Waals surface area contributed by atoms with Gasteiger partial charge in [0, 0.05) is 32.7 Å². The number of rotatable bonds is 6. The van der Waals surface area contributed by atoms with Crippen LogP contribution in [0, 0.1) is 5.92 Å². The molecule has 19 heavy (non-hydrogen) atoms. The van der Waals surface area contributed by atoms with E-state index in [-0.39, 0.29) is 18.1 Å². The molecule has 0 aliphatic carbocycles. The molecule has 1 amide bonds. The minimum atomic E-state index is -0.311. The fourth-order valence-corrected chi connectivity index (χ4v) is 2.17. The van der Waals surface area contributed by atoms with Gasteiger partial charge in [0.2, 0.25) is 0 Å². The quantitative estimate of drug-likeness (QED) is 0.766. The molecule has 0 aromatic carbocycles. The number of hydrogen-bond donors (Lipinski definition) is 1. The van der Waals surface area contributed by atoms with E-state index in [1.165, 1.54) is 0 Å². The molecular weight excluding hydrogens is 242 g/mol. The number of amides is 1. The molecule has 2 atom stereocenters. The fourth-order valence-electron chi connectivity index (χ4n) is 2.17. The van der Waals surface area contributed by atoms with Crippen LogP contribution >= 0.6 is 0 Å². The van der Waals surface area contributed by atoms with Crippen molar-refractivity contribution in [3.05, 3.63) is 0 Å². The van der Waals surface area contributed by atoms with E-state index in [0.29, 0.717) is 25.6 Å². The minimum Gasteiger partial charge on any atom is -0.366 e. The second kappa shape index (κ2) is 7.82. The third kappa shape index (κ3) is 5.09. The van der Waals surface area contributed by atoms with Gasteiger partial charge in [0.25, 0.3) is 5.91 Å². The van der Waals surface area contributed by atoms with Crippen LogP contribution in [0.1, 0.15) is 27.2 Å². The summed E-state index contributed by atoms with van der Waals surface area (Å²) in [5.74, 6) is 0.527. The van der Waals surface area contributed by atoms with Crippen LogP contribution in [0.2, 0.25) is 0 Å². The van der Waals surface area contributed by atoms with Crippen molar-refractivity contribution in [1.29, 1.82) is 0 Å². The van der Waals surface area contributed by atoms with E-state index < -0.39 is 0 Å². The second-order valence-corrected chi connectivity index (χ2v) is 5.71. The van der Waals surface area contributed by atoms with Crippen molar-refractivity contribution >= 4 is 5.91 Å². The molecular formula is C14H29N3O2. The minimum absolute atomic E-state index is 0.0779. The summed E-state index contributed by atoms with van der Waals surface area (Å²) in [5.41, 5.74) is 6.01. The van der Waals surface area contributed by atoms with Crippen molar-refractivity contribution in [3.8, 4) is 0 Å². The Morgan fingerprint density at radius 3 is 2.79 bits per heavy atom. The second-order valence-electron chi connectivity index (χ2n) is 5.71. The highest BCUT2D eigenvalue weighted by molar-refractivity contribution is 5.81. The average Bonchev–Trinajstić information content (AvgIpc) is 2.43. The summed E-state index contributed by atoms with van der Waals surface area (Å²) in [5, 5.41) is 0. The molecule has 1 heterocycles. The van der Waals surface area contributed by atoms with Gasteiger partial charge in [0.15, 0.2) is 0 Å². The van der Waals surface area contributed by atoms with Gasteiger partial charge in [-0.05, 0) is 18.9 Å². The molecule has 0 spiro atoms. The number of carbonyl (C=O) groups is 1. The van der Waals surface area contributed by atoms with Crippen molar-refractivity contribution in [2.24, 2.45) is 11.7 Å². The summed E-state index contributed by atoms with van der Waals surface area (Å²) in [4.78, 5) is 16.3. The monoisotopic (exact) mass is 271 g/mol. The van der Waals surface area contributed by atoms with Gasteiger partial charge >= 0.3 is 0 Å². The van der Waals surface area contributed by atoms with Gasteiger partial charge in [0.1, 0.15) is 6.10 Å². The number of morpholine rings is 1. The lowest BCUT2D eigenvalue weighted by molar-refractivity contribution is -0.148. The highest BCUT2D eigenvalue weighted by Crippen LogP contribution is 2.09. The van der Waals surface area contributed by atoms with E-state index in [4.69, 9.17) is 10.5 Å². The van der Waals surface area contributed by atoms with Crippen molar-refractivity contribution in [1.82, 2.24) is 9.80 Å². The Labute approximate surface area is 117 Å². The largest absolute Gasteiger partial charge is 0.366 e. The molecule has 0 saturated carbocycles. The van der Waals surface area contributed by atoms with Crippen LogP contribution in [0.4, 0.5) is 0 Å². The highest BCUT2D eigenvalue weighted by Gasteiger charge is 2.28. The normalized spacial score (nSPS) is 22.5. The molecule has 2 N–H and O–H groups in total. The Morgan fingerprint density at radius 1 is 1.53 bits per heavy atom. The lowest BCUT2D eigenvalue weighted by atomic mass is 10.0. The Morgan fingerprint density at radius 2 is 2.21 bits per heavy atom. The summed E-state index contributed by atoms with van der Waals surface area (Å²) in [7, 11) is 1.84. The van der Waals surface area contributed by atoms with Crippen molar-refractivity contribution in [3.63, 3.8) is 0 Å². The van der Waals surface area contributed by atoms with Crippen LogP contribution in [0.5, 0.6) is 0 Å². The molecule has 5 heteroatoms. The Hall–Kier alpha value is -0.650. The zero-order valence-corrected chi connectivity index (χ0v) is 12.8. The van der Waals surface area contributed by atoms with Gasteiger partial charge in [-0.15, -0.1) is 0 Å². The third-order valence-electron chi connectivity index (χ3n) is 3.90. The van der Waals surface area contributed by atoms with Crippen molar-refractivity contribution < 1.29 is 9.53 Å². The Balaban J connectivity index is 2.39. The molecule has 112 valence electrons. The molecule has 1 saturated heterocycles. The zero-order chi connectivity index (χ0) is 14.4. The first-order chi connectivity index (χ1) is 8.95. The smallest absolute Gasteiger partial charge is 0.252 e. The van der Waals surface area contributed by atoms with Crippen LogP contribution in [-0.4, -0.2) is 67.7 Å². The van der Waals surface area contributed by atoms with E-state index in [1.807, 2.05) is 7.05 Å². The standard InChI is InChI=1S/C14H29N3O2/c1-5-17-8-9-19-13(10-17)14(18)16(4)7-6-12(15)11(2)3/h11-13H,5-10,15H2,1-4H3. The van der Waals surface area contributed by atoms with Crippen LogP contribution in [0.15, 0.2) is 0 Å². The molecule has 0 aromatic rings. The third-order valence-corrected chi connectivity index (χ3v) is 3.90. The summed E-state index contributed by atoms with van der Waals surface area (Å²) in [6.07, 6.45) is 0.526. The molecule has 0 radical (unpaired) electrons. The van der Waals surface area contributed by atoms with Gasteiger partial charge in [-0.2, -0.15) is 0 Å². The van der Waals surface area contributed by atoms with Gasteiger partial charge in [-0.1, -0.05) is 20.8 Å². The fraction of sp³-hybridized carbons (Fsp3) is 0.929. The predicted octanol–water partition coefficient (Wildman–Crippen LogP) is 0.539. The van der Waals surface area contributed by atoms with Crippen LogP contribution < -0.4 is 5.73 Å². The van der Waals surface area contributed by atoms with Gasteiger partial charge < -0.3 is 15.4 Å². The average molecular weight is 271 g/mol. The molecule has 2 unspecified atom stereocenters. The van der Waals surface area contributed by atoms with Gasteiger partial charge in [-0.3, -0.25) is 9.69 Å². The molecule has 5 nitrogen and oxygen atoms in total. The molecule has 1 rings (SSSR count). The zero-order valence-electron chi connectivity index (χ0n) is 12.8. The molecule has 1 aliphatic rings. The molecule has 1 fully saturated rings. The topological polar surface area (TPSA) is 58.8 Å². The first-order valence-corrected chi connectivity index (χ1v) is 7.30. The summed E-state index contributed by atoms with van der Waals surface area (Å²) in [6, 6.07) is 0.148. The maximum Gasteiger partial charge on any atom is 0.252 e. The maximum atomic E-state index is 12.3. The number of nitrogens with two attached hydrogens (primary N) is 1. The van der Waals surface area contributed by atoms with Crippen LogP contribution in [0.3, 0.4) is 0 Å². The van der Waals surface area contributed by atoms with Gasteiger partial charge in [0.05, 0.1) is 6.61 Å². The predicted molar refractivity (Wildman–Crippen MR) is 76.9 cm³/mol. The van der Waals surface area contributed by atoms with Crippen LogP contribution in [0.25, 0.3) is 0 Å². The molecule has 1 aliphatic heterocycles. The SMILES string of the molecule is CCN1CCOC(C(=O)N(C)CCC(N)C(C)C)C1. The number of likely N-dealkylation sites (N-methyl/N-ethyl adjacent to an activating group) is 2. The first-order valence-electron chi connectivity index (χ1n) is 7.30. The summed E-state index contributed by atoms with van der Waals surface area (Å²) < 4.78 is 5.58. The van der Waals surface area contributed by atoms with E-state index in [1.54, 1.807) is 4.90 Å². The Kier molecular flexibility index (Phi) is 6.75. The maximum absolute atomic E-state index is 12.3. The highest BCUT2D eigenvalue weighted by atomic mass is 16.5. The van der Waals surface area contributed by atoms with Gasteiger partial charge in [-0.25, -0.2) is 0 Å². The van der Waals surface area contributed by atoms with Crippen LogP contribution in [-0.2, 0) is 9.53 Å². The number of ether oxygens (including phenoxy) is 1. The number of nitrogens with zero attached hydrogens (tertiary/aromatic N) is 2. The summed E-state index contributed by atoms with van der Waals surface area (Å²) in [6.45, 7) is 10.3. The lowest BCUT2D eigenvalue weighted by Crippen LogP contribution is -2.50. The molecule has 0 aromatic heterocycles. The summed E-state index contributed by atoms with van der Waals surface area (Å²) >= 11 is 0. The van der Waals surface area contributed by atoms with E-state index in [0.717, 1.165) is 19.5 Å². The molecule has 0 bridgehead atoms.